The number of para-hydroxylation sites is 1. The van der Waals surface area contributed by atoms with Crippen LogP contribution >= 0.6 is 0 Å². The molecule has 1 aromatic carbocycles. The molecule has 0 atom stereocenters. The third kappa shape index (κ3) is 3.05. The Morgan fingerprint density at radius 3 is 2.54 bits per heavy atom. The predicted molar refractivity (Wildman–Crippen MR) is 103 cm³/mol. The van der Waals surface area contributed by atoms with Gasteiger partial charge in [-0.2, -0.15) is 0 Å². The number of quaternary nitrogens is 1. The fourth-order valence-corrected chi connectivity index (χ4v) is 6.48. The number of hydrogen-bond acceptors (Lipinski definition) is 1. The molecule has 4 aliphatic rings. The number of carbonyl (C=O) groups is 1. The summed E-state index contributed by atoms with van der Waals surface area (Å²) in [5.41, 5.74) is 2.85. The zero-order valence-electron chi connectivity index (χ0n) is 15.5. The highest BCUT2D eigenvalue weighted by Gasteiger charge is 2.53. The quantitative estimate of drug-likeness (QED) is 0.734. The number of nitrogens with one attached hydrogen (secondary N) is 2. The Labute approximate surface area is 155 Å². The smallest absolute Gasteiger partial charge is 0.275 e. The molecule has 4 aliphatic carbocycles. The fraction of sp³-hybridized carbons (Fsp3) is 0.591. The number of nitrogens with two attached hydrogens (primary N) is 1. The minimum absolute atomic E-state index is 0.195. The number of aromatic nitrogens is 1. The molecule has 6 rings (SSSR count). The number of fused-ring (bicyclic) bond motifs is 1. The maximum atomic E-state index is 12.4. The number of rotatable bonds is 6. The van der Waals surface area contributed by atoms with Gasteiger partial charge < -0.3 is 15.6 Å². The van der Waals surface area contributed by atoms with E-state index in [1.54, 1.807) is 0 Å². The number of hydrogen-bond donors (Lipinski definition) is 3. The Morgan fingerprint density at radius 1 is 1.12 bits per heavy atom. The lowest BCUT2D eigenvalue weighted by atomic mass is 9.53. The van der Waals surface area contributed by atoms with E-state index in [2.05, 4.69) is 40.0 Å². The highest BCUT2D eigenvalue weighted by Crippen LogP contribution is 2.54. The zero-order chi connectivity index (χ0) is 17.6. The average molecular weight is 353 g/mol. The van der Waals surface area contributed by atoms with Crippen molar-refractivity contribution in [2.24, 2.45) is 17.8 Å². The summed E-state index contributed by atoms with van der Waals surface area (Å²) in [5, 5.41) is 6.80. The lowest BCUT2D eigenvalue weighted by molar-refractivity contribution is -0.730. The highest BCUT2D eigenvalue weighted by atomic mass is 16.1. The van der Waals surface area contributed by atoms with Gasteiger partial charge in [-0.3, -0.25) is 4.79 Å². The third-order valence-electron chi connectivity index (χ3n) is 7.20. The molecule has 0 radical (unpaired) electrons. The highest BCUT2D eigenvalue weighted by molar-refractivity contribution is 5.83. The predicted octanol–water partition coefficient (Wildman–Crippen LogP) is 2.36. The molecule has 0 spiro atoms. The van der Waals surface area contributed by atoms with Gasteiger partial charge in [-0.1, -0.05) is 18.2 Å². The molecule has 4 saturated carbocycles. The number of amides is 1. The van der Waals surface area contributed by atoms with Crippen molar-refractivity contribution in [1.29, 1.82) is 0 Å². The molecule has 0 saturated heterocycles. The SMILES string of the molecule is O=C(C[NH2+]C12CC3CC(CC(C3)C1)C2)NCCc1c[nH]c2ccccc12. The van der Waals surface area contributed by atoms with Crippen LogP contribution in [0, 0.1) is 17.8 Å². The summed E-state index contributed by atoms with van der Waals surface area (Å²) in [6.45, 7) is 1.31. The van der Waals surface area contributed by atoms with E-state index in [1.807, 2.05) is 6.07 Å². The minimum atomic E-state index is 0.195. The van der Waals surface area contributed by atoms with Crippen LogP contribution in [0.15, 0.2) is 30.5 Å². The van der Waals surface area contributed by atoms with E-state index in [-0.39, 0.29) is 5.91 Å². The second kappa shape index (κ2) is 6.41. The molecule has 4 bridgehead atoms. The first-order valence-corrected chi connectivity index (χ1v) is 10.4. The molecule has 1 aromatic heterocycles. The van der Waals surface area contributed by atoms with Gasteiger partial charge in [0.2, 0.25) is 0 Å². The standard InChI is InChI=1S/C22H29N3O/c26-21(23-6-5-18-13-24-20-4-2-1-3-19(18)20)14-25-22-10-15-7-16(11-22)9-17(8-15)12-22/h1-4,13,15-17,24-25H,5-12,14H2,(H,23,26)/p+1. The van der Waals surface area contributed by atoms with Crippen molar-refractivity contribution in [1.82, 2.24) is 10.3 Å². The van der Waals surface area contributed by atoms with Crippen molar-refractivity contribution >= 4 is 16.8 Å². The van der Waals surface area contributed by atoms with Crippen LogP contribution in [0.5, 0.6) is 0 Å². The zero-order valence-corrected chi connectivity index (χ0v) is 15.5. The van der Waals surface area contributed by atoms with E-state index < -0.39 is 0 Å². The summed E-state index contributed by atoms with van der Waals surface area (Å²) in [5.74, 6) is 3.04. The molecule has 1 amide bonds. The molecule has 26 heavy (non-hydrogen) atoms. The van der Waals surface area contributed by atoms with Crippen LogP contribution in [0.25, 0.3) is 10.9 Å². The van der Waals surface area contributed by atoms with Gasteiger partial charge in [-0.15, -0.1) is 0 Å². The molecule has 2 aromatic rings. The van der Waals surface area contributed by atoms with Crippen molar-refractivity contribution in [3.05, 3.63) is 36.0 Å². The molecule has 0 unspecified atom stereocenters. The van der Waals surface area contributed by atoms with Crippen molar-refractivity contribution in [3.8, 4) is 0 Å². The van der Waals surface area contributed by atoms with Crippen molar-refractivity contribution in [2.45, 2.75) is 50.5 Å². The number of carbonyl (C=O) groups excluding carboxylic acids is 1. The molecule has 4 N–H and O–H groups in total. The molecular formula is C22H30N3O+. The van der Waals surface area contributed by atoms with E-state index >= 15 is 0 Å². The van der Waals surface area contributed by atoms with E-state index in [0.717, 1.165) is 30.7 Å². The van der Waals surface area contributed by atoms with Crippen LogP contribution in [0.4, 0.5) is 0 Å². The maximum absolute atomic E-state index is 12.4. The first kappa shape index (κ1) is 16.4. The molecule has 1 heterocycles. The normalized spacial score (nSPS) is 32.2. The Morgan fingerprint density at radius 2 is 1.81 bits per heavy atom. The van der Waals surface area contributed by atoms with Gasteiger partial charge in [0, 0.05) is 42.9 Å². The van der Waals surface area contributed by atoms with Crippen LogP contribution in [0.1, 0.15) is 44.1 Å². The lowest BCUT2D eigenvalue weighted by Crippen LogP contribution is -3.00. The molecule has 138 valence electrons. The second-order valence-corrected chi connectivity index (χ2v) is 9.15. The Bertz CT molecular complexity index is 773. The monoisotopic (exact) mass is 352 g/mol. The van der Waals surface area contributed by atoms with Crippen LogP contribution in [-0.4, -0.2) is 29.5 Å². The summed E-state index contributed by atoms with van der Waals surface area (Å²) in [6.07, 6.45) is 11.4. The van der Waals surface area contributed by atoms with Crippen LogP contribution in [-0.2, 0) is 11.2 Å². The lowest BCUT2D eigenvalue weighted by Gasteiger charge is -2.54. The Balaban J connectivity index is 1.12. The summed E-state index contributed by atoms with van der Waals surface area (Å²) in [6, 6.07) is 8.35. The Hall–Kier alpha value is -1.81. The van der Waals surface area contributed by atoms with Gasteiger partial charge in [-0.25, -0.2) is 0 Å². The first-order chi connectivity index (χ1) is 12.7. The first-order valence-electron chi connectivity index (χ1n) is 10.4. The van der Waals surface area contributed by atoms with Gasteiger partial charge in [0.1, 0.15) is 0 Å². The molecule has 0 aliphatic heterocycles. The summed E-state index contributed by atoms with van der Waals surface area (Å²) >= 11 is 0. The van der Waals surface area contributed by atoms with Gasteiger partial charge in [-0.05, 0) is 55.1 Å². The number of H-pyrrole nitrogens is 1. The van der Waals surface area contributed by atoms with Gasteiger partial charge in [0.25, 0.3) is 5.91 Å². The fourth-order valence-electron chi connectivity index (χ4n) is 6.48. The number of aromatic amines is 1. The summed E-state index contributed by atoms with van der Waals surface area (Å²) < 4.78 is 0. The van der Waals surface area contributed by atoms with E-state index in [9.17, 15) is 4.79 Å². The van der Waals surface area contributed by atoms with Crippen LogP contribution in [0.2, 0.25) is 0 Å². The van der Waals surface area contributed by atoms with Crippen molar-refractivity contribution in [2.75, 3.05) is 13.1 Å². The van der Waals surface area contributed by atoms with Gasteiger partial charge in [0.15, 0.2) is 6.54 Å². The molecule has 4 fully saturated rings. The van der Waals surface area contributed by atoms with Gasteiger partial charge >= 0.3 is 0 Å². The maximum Gasteiger partial charge on any atom is 0.275 e. The Kier molecular flexibility index (Phi) is 4.04. The van der Waals surface area contributed by atoms with Crippen molar-refractivity contribution < 1.29 is 10.1 Å². The van der Waals surface area contributed by atoms with Crippen LogP contribution in [0.3, 0.4) is 0 Å². The van der Waals surface area contributed by atoms with Gasteiger partial charge in [0.05, 0.1) is 5.54 Å². The largest absolute Gasteiger partial charge is 0.361 e. The minimum Gasteiger partial charge on any atom is -0.361 e. The van der Waals surface area contributed by atoms with E-state index in [1.165, 1.54) is 55.0 Å². The van der Waals surface area contributed by atoms with E-state index in [4.69, 9.17) is 0 Å². The topological polar surface area (TPSA) is 61.5 Å². The van der Waals surface area contributed by atoms with Crippen LogP contribution < -0.4 is 10.6 Å². The average Bonchev–Trinajstić information content (AvgIpc) is 3.02. The number of benzene rings is 1. The molecular weight excluding hydrogens is 322 g/mol. The second-order valence-electron chi connectivity index (χ2n) is 9.15. The third-order valence-corrected chi connectivity index (χ3v) is 7.20. The summed E-state index contributed by atoms with van der Waals surface area (Å²) in [4.78, 5) is 15.7. The summed E-state index contributed by atoms with van der Waals surface area (Å²) in [7, 11) is 0. The molecule has 4 heteroatoms. The molecule has 4 nitrogen and oxygen atoms in total. The van der Waals surface area contributed by atoms with E-state index in [0.29, 0.717) is 12.1 Å². The van der Waals surface area contributed by atoms with Crippen molar-refractivity contribution in [3.63, 3.8) is 0 Å².